The van der Waals surface area contributed by atoms with Gasteiger partial charge in [-0.2, -0.15) is 23.4 Å². The van der Waals surface area contributed by atoms with Crippen LogP contribution in [0.5, 0.6) is 0 Å². The van der Waals surface area contributed by atoms with Crippen molar-refractivity contribution in [3.63, 3.8) is 0 Å². The molecule has 0 spiro atoms. The Labute approximate surface area is 141 Å². The Morgan fingerprint density at radius 1 is 1.38 bits per heavy atom. The lowest BCUT2D eigenvalue weighted by Gasteiger charge is -2.05. The SMILES string of the molecule is CCn1cc(NC(=O)c2c(Br)c(C(F)(F)F)nn2C)c(C(N)=O)n1. The number of aryl methyl sites for hydroxylation is 2. The molecule has 130 valence electrons. The molecular formula is C12H12BrF3N6O2. The fourth-order valence-corrected chi connectivity index (χ4v) is 2.70. The van der Waals surface area contributed by atoms with Crippen molar-refractivity contribution in [1.29, 1.82) is 0 Å². The highest BCUT2D eigenvalue weighted by Gasteiger charge is 2.39. The van der Waals surface area contributed by atoms with Crippen LogP contribution in [0.3, 0.4) is 0 Å². The highest BCUT2D eigenvalue weighted by molar-refractivity contribution is 9.10. The summed E-state index contributed by atoms with van der Waals surface area (Å²) in [4.78, 5) is 23.7. The zero-order valence-electron chi connectivity index (χ0n) is 12.5. The third-order valence-electron chi connectivity index (χ3n) is 3.04. The summed E-state index contributed by atoms with van der Waals surface area (Å²) in [6, 6.07) is 0. The molecule has 2 heterocycles. The van der Waals surface area contributed by atoms with E-state index in [0.717, 1.165) is 4.68 Å². The maximum atomic E-state index is 12.8. The molecule has 0 saturated carbocycles. The molecule has 0 aliphatic heterocycles. The molecule has 8 nitrogen and oxygen atoms in total. The van der Waals surface area contributed by atoms with Crippen LogP contribution in [-0.4, -0.2) is 31.4 Å². The summed E-state index contributed by atoms with van der Waals surface area (Å²) in [6.45, 7) is 2.15. The summed E-state index contributed by atoms with van der Waals surface area (Å²) in [5, 5.41) is 9.50. The third kappa shape index (κ3) is 3.27. The molecule has 12 heteroatoms. The number of carbonyl (C=O) groups is 2. The van der Waals surface area contributed by atoms with Crippen LogP contribution < -0.4 is 11.1 Å². The van der Waals surface area contributed by atoms with E-state index in [1.54, 1.807) is 6.92 Å². The van der Waals surface area contributed by atoms with Gasteiger partial charge < -0.3 is 11.1 Å². The maximum absolute atomic E-state index is 12.8. The van der Waals surface area contributed by atoms with Gasteiger partial charge in [-0.05, 0) is 22.9 Å². The van der Waals surface area contributed by atoms with Gasteiger partial charge in [-0.25, -0.2) is 0 Å². The van der Waals surface area contributed by atoms with Gasteiger partial charge in [0.2, 0.25) is 0 Å². The Morgan fingerprint density at radius 2 is 2.00 bits per heavy atom. The second-order valence-corrected chi connectivity index (χ2v) is 5.49. The first-order valence-corrected chi connectivity index (χ1v) is 7.33. The largest absolute Gasteiger partial charge is 0.436 e. The average Bonchev–Trinajstić information content (AvgIpc) is 2.99. The number of primary amides is 1. The van der Waals surface area contributed by atoms with Crippen LogP contribution in [0.1, 0.15) is 33.6 Å². The molecular weight excluding hydrogens is 397 g/mol. The summed E-state index contributed by atoms with van der Waals surface area (Å²) >= 11 is 2.74. The van der Waals surface area contributed by atoms with Crippen LogP contribution in [0, 0.1) is 0 Å². The van der Waals surface area contributed by atoms with Gasteiger partial charge in [0.05, 0.1) is 10.2 Å². The van der Waals surface area contributed by atoms with Crippen molar-refractivity contribution in [2.24, 2.45) is 12.8 Å². The van der Waals surface area contributed by atoms with Gasteiger partial charge >= 0.3 is 6.18 Å². The van der Waals surface area contributed by atoms with Crippen LogP contribution in [0.4, 0.5) is 18.9 Å². The van der Waals surface area contributed by atoms with E-state index in [4.69, 9.17) is 5.73 Å². The molecule has 2 aromatic rings. The zero-order valence-corrected chi connectivity index (χ0v) is 14.1. The van der Waals surface area contributed by atoms with E-state index in [-0.39, 0.29) is 17.1 Å². The van der Waals surface area contributed by atoms with Crippen molar-refractivity contribution < 1.29 is 22.8 Å². The van der Waals surface area contributed by atoms with Gasteiger partial charge in [0, 0.05) is 19.8 Å². The van der Waals surface area contributed by atoms with Crippen LogP contribution in [-0.2, 0) is 19.8 Å². The summed E-state index contributed by atoms with van der Waals surface area (Å²) in [7, 11) is 1.19. The number of aromatic nitrogens is 4. The minimum Gasteiger partial charge on any atom is -0.364 e. The highest BCUT2D eigenvalue weighted by atomic mass is 79.9. The Balaban J connectivity index is 2.40. The number of nitrogens with zero attached hydrogens (tertiary/aromatic N) is 4. The van der Waals surface area contributed by atoms with E-state index < -0.39 is 28.2 Å². The lowest BCUT2D eigenvalue weighted by molar-refractivity contribution is -0.142. The number of amides is 2. The van der Waals surface area contributed by atoms with Crippen molar-refractivity contribution in [1.82, 2.24) is 19.6 Å². The summed E-state index contributed by atoms with van der Waals surface area (Å²) in [5.41, 5.74) is 3.39. The van der Waals surface area contributed by atoms with Crippen molar-refractivity contribution in [3.05, 3.63) is 27.8 Å². The molecule has 0 fully saturated rings. The first-order valence-electron chi connectivity index (χ1n) is 6.54. The number of rotatable bonds is 4. The zero-order chi connectivity index (χ0) is 18.2. The van der Waals surface area contributed by atoms with E-state index in [9.17, 15) is 22.8 Å². The van der Waals surface area contributed by atoms with E-state index in [0.29, 0.717) is 6.54 Å². The van der Waals surface area contributed by atoms with E-state index in [1.807, 2.05) is 0 Å². The Kier molecular flexibility index (Phi) is 4.69. The van der Waals surface area contributed by atoms with Gasteiger partial charge in [-0.3, -0.25) is 19.0 Å². The molecule has 0 aromatic carbocycles. The van der Waals surface area contributed by atoms with Gasteiger partial charge in [-0.1, -0.05) is 0 Å². The molecule has 0 atom stereocenters. The number of halogens is 4. The molecule has 0 aliphatic carbocycles. The van der Waals surface area contributed by atoms with Crippen molar-refractivity contribution in [2.45, 2.75) is 19.6 Å². The average molecular weight is 409 g/mol. The monoisotopic (exact) mass is 408 g/mol. The van der Waals surface area contributed by atoms with E-state index in [2.05, 4.69) is 31.4 Å². The number of nitrogens with one attached hydrogen (secondary N) is 1. The van der Waals surface area contributed by atoms with Gasteiger partial charge in [0.15, 0.2) is 11.4 Å². The van der Waals surface area contributed by atoms with E-state index >= 15 is 0 Å². The highest BCUT2D eigenvalue weighted by Crippen LogP contribution is 2.35. The minimum absolute atomic E-state index is 0.00370. The van der Waals surface area contributed by atoms with Crippen molar-refractivity contribution in [2.75, 3.05) is 5.32 Å². The molecule has 0 bridgehead atoms. The quantitative estimate of drug-likeness (QED) is 0.803. The fraction of sp³-hybridized carbons (Fsp3) is 0.333. The Morgan fingerprint density at radius 3 is 2.46 bits per heavy atom. The Bertz CT molecular complexity index is 811. The number of nitrogens with two attached hydrogens (primary N) is 1. The molecule has 24 heavy (non-hydrogen) atoms. The number of alkyl halides is 3. The maximum Gasteiger partial charge on any atom is 0.436 e. The van der Waals surface area contributed by atoms with Gasteiger partial charge in [-0.15, -0.1) is 0 Å². The second kappa shape index (κ2) is 6.26. The van der Waals surface area contributed by atoms with Crippen LogP contribution in [0.2, 0.25) is 0 Å². The molecule has 2 rings (SSSR count). The van der Waals surface area contributed by atoms with Crippen LogP contribution >= 0.6 is 15.9 Å². The lowest BCUT2D eigenvalue weighted by Crippen LogP contribution is -2.20. The van der Waals surface area contributed by atoms with Crippen molar-refractivity contribution >= 4 is 33.4 Å². The number of hydrogen-bond acceptors (Lipinski definition) is 4. The third-order valence-corrected chi connectivity index (χ3v) is 3.79. The Hall–Kier alpha value is -2.37. The van der Waals surface area contributed by atoms with Gasteiger partial charge in [0.25, 0.3) is 11.8 Å². The molecule has 0 aliphatic rings. The molecule has 0 radical (unpaired) electrons. The summed E-state index contributed by atoms with van der Waals surface area (Å²) < 4.78 is 40.2. The van der Waals surface area contributed by atoms with E-state index in [1.165, 1.54) is 17.9 Å². The molecule has 3 N–H and O–H groups in total. The predicted molar refractivity (Wildman–Crippen MR) is 80.3 cm³/mol. The normalized spacial score (nSPS) is 11.6. The lowest BCUT2D eigenvalue weighted by atomic mass is 10.3. The predicted octanol–water partition coefficient (Wildman–Crippen LogP) is 1.77. The summed E-state index contributed by atoms with van der Waals surface area (Å²) in [6.07, 6.45) is -3.37. The molecule has 2 aromatic heterocycles. The number of carbonyl (C=O) groups excluding carboxylic acids is 2. The fourth-order valence-electron chi connectivity index (χ4n) is 1.96. The second-order valence-electron chi connectivity index (χ2n) is 4.70. The van der Waals surface area contributed by atoms with Crippen LogP contribution in [0.15, 0.2) is 10.7 Å². The summed E-state index contributed by atoms with van der Waals surface area (Å²) in [5.74, 6) is -1.77. The first-order chi connectivity index (χ1) is 11.1. The number of anilines is 1. The standard InChI is InChI=1S/C12H12BrF3N6O2/c1-3-22-4-5(7(19-22)10(17)23)18-11(24)8-6(13)9(12(14,15)16)20-21(8)2/h4H,3H2,1-2H3,(H2,17,23)(H,18,24). The number of hydrogen-bond donors (Lipinski definition) is 2. The topological polar surface area (TPSA) is 108 Å². The minimum atomic E-state index is -4.72. The van der Waals surface area contributed by atoms with Crippen LogP contribution in [0.25, 0.3) is 0 Å². The van der Waals surface area contributed by atoms with Gasteiger partial charge in [0.1, 0.15) is 5.69 Å². The van der Waals surface area contributed by atoms with Crippen molar-refractivity contribution in [3.8, 4) is 0 Å². The molecule has 0 unspecified atom stereocenters. The smallest absolute Gasteiger partial charge is 0.364 e. The molecule has 2 amide bonds. The molecule has 0 saturated heterocycles. The first kappa shape index (κ1) is 18.0.